The summed E-state index contributed by atoms with van der Waals surface area (Å²) in [6.07, 6.45) is 0. The maximum absolute atomic E-state index is 14.0. The molecule has 3 aromatic carbocycles. The number of likely N-dealkylation sites (N-methyl/N-ethyl adjacent to an activating group) is 1. The van der Waals surface area contributed by atoms with Gasteiger partial charge in [-0.15, -0.1) is 0 Å². The number of amides is 2. The van der Waals surface area contributed by atoms with Crippen LogP contribution in [0.1, 0.15) is 30.5 Å². The Hall–Kier alpha value is -3.37. The maximum atomic E-state index is 14.0. The molecular weight excluding hydrogens is 582 g/mol. The molecule has 0 aliphatic rings. The minimum Gasteiger partial charge on any atom is -0.496 e. The topological polar surface area (TPSA) is 96.0 Å². The summed E-state index contributed by atoms with van der Waals surface area (Å²) in [6.45, 7) is 7.34. The van der Waals surface area contributed by atoms with Gasteiger partial charge in [0.25, 0.3) is 10.0 Å². The third-order valence-electron chi connectivity index (χ3n) is 6.43. The fourth-order valence-corrected chi connectivity index (χ4v) is 6.18. The highest BCUT2D eigenvalue weighted by Gasteiger charge is 2.33. The van der Waals surface area contributed by atoms with Crippen LogP contribution >= 0.6 is 15.9 Å². The molecule has 39 heavy (non-hydrogen) atoms. The number of nitrogens with zero attached hydrogens (tertiary/aromatic N) is 2. The first-order valence-corrected chi connectivity index (χ1v) is 14.8. The summed E-state index contributed by atoms with van der Waals surface area (Å²) < 4.78 is 34.7. The fraction of sp³-hybridized carbons (Fsp3) is 0.310. The zero-order valence-electron chi connectivity index (χ0n) is 22.8. The number of hydrogen-bond donors (Lipinski definition) is 1. The molecular formula is C29H34BrN3O5S. The number of carbonyl (C=O) groups is 2. The molecule has 0 radical (unpaired) electrons. The van der Waals surface area contributed by atoms with E-state index in [1.54, 1.807) is 44.2 Å². The van der Waals surface area contributed by atoms with Gasteiger partial charge in [0.1, 0.15) is 18.3 Å². The first kappa shape index (κ1) is 30.2. The molecule has 0 aliphatic carbocycles. The Morgan fingerprint density at radius 2 is 1.69 bits per heavy atom. The fourth-order valence-electron chi connectivity index (χ4n) is 4.05. The van der Waals surface area contributed by atoms with E-state index in [0.717, 1.165) is 21.0 Å². The third kappa shape index (κ3) is 7.19. The lowest BCUT2D eigenvalue weighted by atomic mass is 10.1. The summed E-state index contributed by atoms with van der Waals surface area (Å²) in [5.74, 6) is -0.343. The molecule has 1 N–H and O–H groups in total. The standard InChI is InChI=1S/C29H34BrN3O5S/c1-6-31-29(35)22(4)32(18-23-10-8-7-9-21(23)3)28(34)19-33(24-13-11-20(2)12-14-24)39(36,37)25-15-16-27(38-5)26(30)17-25/h7-17,22H,6,18-19H2,1-5H3,(H,31,35)/t22-/m0/s1. The molecule has 208 valence electrons. The number of rotatable bonds is 11. The Balaban J connectivity index is 2.06. The van der Waals surface area contributed by atoms with Crippen molar-refractivity contribution in [2.75, 3.05) is 24.5 Å². The molecule has 10 heteroatoms. The number of benzene rings is 3. The van der Waals surface area contributed by atoms with E-state index in [1.165, 1.54) is 24.1 Å². The van der Waals surface area contributed by atoms with Crippen molar-refractivity contribution in [3.05, 3.63) is 87.9 Å². The largest absolute Gasteiger partial charge is 0.496 e. The summed E-state index contributed by atoms with van der Waals surface area (Å²) in [4.78, 5) is 28.2. The molecule has 0 saturated carbocycles. The number of anilines is 1. The van der Waals surface area contributed by atoms with Crippen molar-refractivity contribution < 1.29 is 22.7 Å². The van der Waals surface area contributed by atoms with E-state index in [1.807, 2.05) is 38.1 Å². The number of methoxy groups -OCH3 is 1. The van der Waals surface area contributed by atoms with E-state index in [4.69, 9.17) is 4.74 Å². The van der Waals surface area contributed by atoms with Crippen molar-refractivity contribution >= 4 is 43.5 Å². The Morgan fingerprint density at radius 1 is 1.03 bits per heavy atom. The van der Waals surface area contributed by atoms with Crippen molar-refractivity contribution in [1.82, 2.24) is 10.2 Å². The number of carbonyl (C=O) groups excluding carboxylic acids is 2. The summed E-state index contributed by atoms with van der Waals surface area (Å²) in [6, 6.07) is 18.1. The van der Waals surface area contributed by atoms with Crippen LogP contribution in [0.3, 0.4) is 0 Å². The highest BCUT2D eigenvalue weighted by Crippen LogP contribution is 2.31. The molecule has 0 aromatic heterocycles. The van der Waals surface area contributed by atoms with Crippen LogP contribution in [-0.4, -0.2) is 51.4 Å². The molecule has 0 unspecified atom stereocenters. The Morgan fingerprint density at radius 3 is 2.28 bits per heavy atom. The zero-order valence-corrected chi connectivity index (χ0v) is 25.2. The van der Waals surface area contributed by atoms with Crippen LogP contribution in [0.2, 0.25) is 0 Å². The predicted molar refractivity (Wildman–Crippen MR) is 156 cm³/mol. The molecule has 2 amide bonds. The lowest BCUT2D eigenvalue weighted by Gasteiger charge is -2.32. The number of ether oxygens (including phenoxy) is 1. The van der Waals surface area contributed by atoms with Gasteiger partial charge in [0.2, 0.25) is 11.8 Å². The smallest absolute Gasteiger partial charge is 0.264 e. The minimum absolute atomic E-state index is 0.00854. The second-order valence-corrected chi connectivity index (χ2v) is 11.9. The Labute approximate surface area is 239 Å². The first-order chi connectivity index (χ1) is 18.5. The number of sulfonamides is 1. The summed E-state index contributed by atoms with van der Waals surface area (Å²) in [7, 11) is -2.69. The highest BCUT2D eigenvalue weighted by molar-refractivity contribution is 9.10. The van der Waals surface area contributed by atoms with E-state index in [2.05, 4.69) is 21.2 Å². The van der Waals surface area contributed by atoms with Crippen molar-refractivity contribution in [3.63, 3.8) is 0 Å². The number of hydrogen-bond acceptors (Lipinski definition) is 5. The van der Waals surface area contributed by atoms with E-state index >= 15 is 0 Å². The van der Waals surface area contributed by atoms with Gasteiger partial charge in [-0.2, -0.15) is 0 Å². The van der Waals surface area contributed by atoms with Gasteiger partial charge in [0, 0.05) is 13.1 Å². The number of halogens is 1. The van der Waals surface area contributed by atoms with Crippen LogP contribution in [0.15, 0.2) is 76.1 Å². The Kier molecular flexibility index (Phi) is 10.2. The normalized spacial score (nSPS) is 11.9. The second-order valence-electron chi connectivity index (χ2n) is 9.16. The summed E-state index contributed by atoms with van der Waals surface area (Å²) >= 11 is 3.35. The van der Waals surface area contributed by atoms with Crippen molar-refractivity contribution in [1.29, 1.82) is 0 Å². The monoisotopic (exact) mass is 615 g/mol. The molecule has 0 fully saturated rings. The van der Waals surface area contributed by atoms with Crippen LogP contribution in [0.4, 0.5) is 5.69 Å². The molecule has 0 saturated heterocycles. The lowest BCUT2D eigenvalue weighted by molar-refractivity contribution is -0.139. The third-order valence-corrected chi connectivity index (χ3v) is 8.82. The molecule has 0 aliphatic heterocycles. The minimum atomic E-state index is -4.18. The van der Waals surface area contributed by atoms with Crippen molar-refractivity contribution in [3.8, 4) is 5.75 Å². The summed E-state index contributed by atoms with van der Waals surface area (Å²) in [5.41, 5.74) is 3.11. The van der Waals surface area contributed by atoms with Crippen molar-refractivity contribution in [2.24, 2.45) is 0 Å². The SMILES string of the molecule is CCNC(=O)[C@H](C)N(Cc1ccccc1C)C(=O)CN(c1ccc(C)cc1)S(=O)(=O)c1ccc(OC)c(Br)c1. The molecule has 3 rings (SSSR count). The van der Waals surface area contributed by atoms with Gasteiger partial charge < -0.3 is 15.0 Å². The molecule has 0 spiro atoms. The van der Waals surface area contributed by atoms with Crippen molar-refractivity contribution in [2.45, 2.75) is 45.2 Å². The van der Waals surface area contributed by atoms with Gasteiger partial charge in [0.15, 0.2) is 0 Å². The van der Waals surface area contributed by atoms with E-state index < -0.39 is 28.5 Å². The zero-order chi connectivity index (χ0) is 28.7. The Bertz CT molecular complexity index is 1430. The van der Waals surface area contributed by atoms with Gasteiger partial charge in [-0.1, -0.05) is 42.0 Å². The van der Waals surface area contributed by atoms with E-state index in [9.17, 15) is 18.0 Å². The van der Waals surface area contributed by atoms with Gasteiger partial charge in [-0.25, -0.2) is 8.42 Å². The summed E-state index contributed by atoms with van der Waals surface area (Å²) in [5, 5.41) is 2.76. The van der Waals surface area contributed by atoms with Gasteiger partial charge >= 0.3 is 0 Å². The second kappa shape index (κ2) is 13.1. The maximum Gasteiger partial charge on any atom is 0.264 e. The van der Waals surface area contributed by atoms with Crippen LogP contribution in [-0.2, 0) is 26.2 Å². The predicted octanol–water partition coefficient (Wildman–Crippen LogP) is 4.82. The number of aryl methyl sites for hydroxylation is 2. The van der Waals surface area contributed by atoms with E-state index in [0.29, 0.717) is 22.5 Å². The van der Waals surface area contributed by atoms with Crippen LogP contribution in [0, 0.1) is 13.8 Å². The van der Waals surface area contributed by atoms with Gasteiger partial charge in [-0.3, -0.25) is 13.9 Å². The quantitative estimate of drug-likeness (QED) is 0.333. The van der Waals surface area contributed by atoms with Gasteiger partial charge in [0.05, 0.1) is 22.2 Å². The van der Waals surface area contributed by atoms with Gasteiger partial charge in [-0.05, 0) is 85.1 Å². The lowest BCUT2D eigenvalue weighted by Crippen LogP contribution is -2.51. The highest BCUT2D eigenvalue weighted by atomic mass is 79.9. The average Bonchev–Trinajstić information content (AvgIpc) is 2.91. The number of nitrogens with one attached hydrogen (secondary N) is 1. The molecule has 3 aromatic rings. The van der Waals surface area contributed by atoms with Crippen LogP contribution in [0.5, 0.6) is 5.75 Å². The van der Waals surface area contributed by atoms with Crippen LogP contribution in [0.25, 0.3) is 0 Å². The molecule has 0 bridgehead atoms. The molecule has 8 nitrogen and oxygen atoms in total. The average molecular weight is 617 g/mol. The van der Waals surface area contributed by atoms with Crippen LogP contribution < -0.4 is 14.4 Å². The molecule has 0 heterocycles. The first-order valence-electron chi connectivity index (χ1n) is 12.5. The molecule has 1 atom stereocenters. The van der Waals surface area contributed by atoms with E-state index in [-0.39, 0.29) is 17.3 Å².